The fraction of sp³-hybridized carbons (Fsp3) is 0.429. The molecule has 0 saturated carbocycles. The highest BCUT2D eigenvalue weighted by atomic mass is 16.6. The average molecular weight is 276 g/mol. The number of nitrogens with zero attached hydrogens (tertiary/aromatic N) is 1. The Balaban J connectivity index is 1.85. The van der Waals surface area contributed by atoms with E-state index in [-0.39, 0.29) is 5.56 Å². The highest BCUT2D eigenvalue weighted by Gasteiger charge is 2.46. The Morgan fingerprint density at radius 1 is 1.35 bits per heavy atom. The van der Waals surface area contributed by atoms with Gasteiger partial charge in [0.15, 0.2) is 0 Å². The van der Waals surface area contributed by atoms with E-state index in [1.54, 1.807) is 12.1 Å². The van der Waals surface area contributed by atoms with Crippen molar-refractivity contribution in [2.45, 2.75) is 18.4 Å². The molecule has 2 heterocycles. The number of piperidine rings is 1. The molecule has 106 valence electrons. The van der Waals surface area contributed by atoms with E-state index in [0.717, 1.165) is 25.9 Å². The summed E-state index contributed by atoms with van der Waals surface area (Å²) in [5.41, 5.74) is 0.313. The van der Waals surface area contributed by atoms with Crippen molar-refractivity contribution in [2.24, 2.45) is 0 Å². The molecule has 2 saturated heterocycles. The van der Waals surface area contributed by atoms with Gasteiger partial charge in [-0.2, -0.15) is 0 Å². The van der Waals surface area contributed by atoms with E-state index >= 15 is 0 Å². The number of benzene rings is 1. The molecule has 2 fully saturated rings. The van der Waals surface area contributed by atoms with E-state index in [9.17, 15) is 9.59 Å². The number of carboxylic acid groups (broad SMARTS) is 1. The van der Waals surface area contributed by atoms with E-state index in [1.165, 1.54) is 17.0 Å². The molecule has 0 atom stereocenters. The first-order valence-electron chi connectivity index (χ1n) is 6.64. The third-order valence-electron chi connectivity index (χ3n) is 3.89. The van der Waals surface area contributed by atoms with Gasteiger partial charge in [-0.15, -0.1) is 0 Å². The van der Waals surface area contributed by atoms with Crippen LogP contribution in [0.25, 0.3) is 0 Å². The van der Waals surface area contributed by atoms with Crippen LogP contribution in [-0.4, -0.2) is 42.4 Å². The van der Waals surface area contributed by atoms with Gasteiger partial charge < -0.3 is 15.2 Å². The average Bonchev–Trinajstić information content (AvgIpc) is 2.76. The zero-order valence-electron chi connectivity index (χ0n) is 11.0. The number of aromatic carboxylic acids is 1. The Labute approximate surface area is 116 Å². The topological polar surface area (TPSA) is 78.9 Å². The summed E-state index contributed by atoms with van der Waals surface area (Å²) in [5.74, 6) is -1.00. The van der Waals surface area contributed by atoms with Crippen LogP contribution < -0.4 is 10.2 Å². The molecule has 3 rings (SSSR count). The van der Waals surface area contributed by atoms with Crippen LogP contribution in [-0.2, 0) is 4.74 Å². The second kappa shape index (κ2) is 4.79. The van der Waals surface area contributed by atoms with Gasteiger partial charge in [0.25, 0.3) is 0 Å². The third-order valence-corrected chi connectivity index (χ3v) is 3.89. The Hall–Kier alpha value is -2.08. The molecule has 6 nitrogen and oxygen atoms in total. The standard InChI is InChI=1S/C14H16N2O4/c17-12(18)10-2-1-3-11(8-10)16-9-14(20-13(16)19)4-6-15-7-5-14/h1-3,8,15H,4-7,9H2,(H,17,18). The predicted octanol–water partition coefficient (Wildman–Crippen LogP) is 1.46. The highest BCUT2D eigenvalue weighted by molar-refractivity contribution is 5.93. The SMILES string of the molecule is O=C(O)c1cccc(N2CC3(CCNCC3)OC2=O)c1. The second-order valence-corrected chi connectivity index (χ2v) is 5.24. The van der Waals surface area contributed by atoms with Crippen LogP contribution >= 0.6 is 0 Å². The normalized spacial score (nSPS) is 21.0. The molecule has 1 aromatic carbocycles. The number of carbonyl (C=O) groups is 2. The van der Waals surface area contributed by atoms with Crippen molar-refractivity contribution in [3.63, 3.8) is 0 Å². The lowest BCUT2D eigenvalue weighted by atomic mass is 9.92. The van der Waals surface area contributed by atoms with Crippen molar-refractivity contribution < 1.29 is 19.4 Å². The van der Waals surface area contributed by atoms with Crippen LogP contribution in [0, 0.1) is 0 Å². The highest BCUT2D eigenvalue weighted by Crippen LogP contribution is 2.34. The summed E-state index contributed by atoms with van der Waals surface area (Å²) < 4.78 is 5.56. The quantitative estimate of drug-likeness (QED) is 0.855. The summed E-state index contributed by atoms with van der Waals surface area (Å²) in [7, 11) is 0. The van der Waals surface area contributed by atoms with Crippen molar-refractivity contribution in [3.8, 4) is 0 Å². The number of carbonyl (C=O) groups excluding carboxylic acids is 1. The predicted molar refractivity (Wildman–Crippen MR) is 72.1 cm³/mol. The van der Waals surface area contributed by atoms with Gasteiger partial charge >= 0.3 is 12.1 Å². The van der Waals surface area contributed by atoms with Crippen LogP contribution in [0.4, 0.5) is 10.5 Å². The summed E-state index contributed by atoms with van der Waals surface area (Å²) in [4.78, 5) is 24.6. The maximum atomic E-state index is 12.1. The number of rotatable bonds is 2. The van der Waals surface area contributed by atoms with E-state index in [1.807, 2.05) is 0 Å². The van der Waals surface area contributed by atoms with Gasteiger partial charge in [0, 0.05) is 18.5 Å². The summed E-state index contributed by atoms with van der Waals surface area (Å²) in [5, 5.41) is 12.3. The first kappa shape index (κ1) is 12.9. The third kappa shape index (κ3) is 2.22. The molecule has 0 radical (unpaired) electrons. The lowest BCUT2D eigenvalue weighted by Crippen LogP contribution is -2.44. The summed E-state index contributed by atoms with van der Waals surface area (Å²) in [6.45, 7) is 2.14. The molecule has 1 spiro atoms. The van der Waals surface area contributed by atoms with Gasteiger partial charge in [-0.05, 0) is 31.3 Å². The fourth-order valence-corrected chi connectivity index (χ4v) is 2.77. The van der Waals surface area contributed by atoms with Crippen molar-refractivity contribution in [1.29, 1.82) is 0 Å². The number of nitrogens with one attached hydrogen (secondary N) is 1. The zero-order chi connectivity index (χ0) is 14.2. The Morgan fingerprint density at radius 2 is 2.10 bits per heavy atom. The van der Waals surface area contributed by atoms with Crippen LogP contribution in [0.3, 0.4) is 0 Å². The number of ether oxygens (including phenoxy) is 1. The van der Waals surface area contributed by atoms with Crippen LogP contribution in [0.1, 0.15) is 23.2 Å². The molecular formula is C14H16N2O4. The van der Waals surface area contributed by atoms with E-state index in [4.69, 9.17) is 9.84 Å². The molecule has 2 aliphatic rings. The summed E-state index contributed by atoms with van der Waals surface area (Å²) in [6, 6.07) is 6.38. The Morgan fingerprint density at radius 3 is 2.80 bits per heavy atom. The molecule has 1 aromatic rings. The molecule has 6 heteroatoms. The smallest absolute Gasteiger partial charge is 0.415 e. The lowest BCUT2D eigenvalue weighted by Gasteiger charge is -2.31. The van der Waals surface area contributed by atoms with Crippen molar-refractivity contribution in [1.82, 2.24) is 5.32 Å². The summed E-state index contributed by atoms with van der Waals surface area (Å²) >= 11 is 0. The van der Waals surface area contributed by atoms with Crippen molar-refractivity contribution >= 4 is 17.7 Å². The molecule has 0 unspecified atom stereocenters. The molecule has 0 bridgehead atoms. The molecule has 0 aliphatic carbocycles. The molecule has 1 amide bonds. The first-order valence-corrected chi connectivity index (χ1v) is 6.64. The minimum atomic E-state index is -1.00. The van der Waals surface area contributed by atoms with Gasteiger partial charge in [0.1, 0.15) is 5.60 Å². The van der Waals surface area contributed by atoms with Crippen LogP contribution in [0.5, 0.6) is 0 Å². The fourth-order valence-electron chi connectivity index (χ4n) is 2.77. The second-order valence-electron chi connectivity index (χ2n) is 5.24. The zero-order valence-corrected chi connectivity index (χ0v) is 11.0. The maximum Gasteiger partial charge on any atom is 0.415 e. The monoisotopic (exact) mass is 276 g/mol. The minimum absolute atomic E-state index is 0.168. The number of carboxylic acids is 1. The number of anilines is 1. The minimum Gasteiger partial charge on any atom is -0.478 e. The molecule has 20 heavy (non-hydrogen) atoms. The van der Waals surface area contributed by atoms with E-state index in [0.29, 0.717) is 12.2 Å². The van der Waals surface area contributed by atoms with E-state index < -0.39 is 17.7 Å². The van der Waals surface area contributed by atoms with Gasteiger partial charge in [0.05, 0.1) is 12.1 Å². The number of amides is 1. The van der Waals surface area contributed by atoms with Crippen molar-refractivity contribution in [2.75, 3.05) is 24.5 Å². The Kier molecular flexibility index (Phi) is 3.10. The number of hydrogen-bond donors (Lipinski definition) is 2. The number of hydrogen-bond acceptors (Lipinski definition) is 4. The van der Waals surface area contributed by atoms with Crippen LogP contribution in [0.15, 0.2) is 24.3 Å². The lowest BCUT2D eigenvalue weighted by molar-refractivity contribution is 0.0316. The Bertz CT molecular complexity index is 552. The molecule has 2 aliphatic heterocycles. The van der Waals surface area contributed by atoms with Gasteiger partial charge in [0.2, 0.25) is 0 Å². The van der Waals surface area contributed by atoms with Crippen LogP contribution in [0.2, 0.25) is 0 Å². The first-order chi connectivity index (χ1) is 9.60. The molecule has 0 aromatic heterocycles. The summed E-state index contributed by atoms with van der Waals surface area (Å²) in [6.07, 6.45) is 1.18. The van der Waals surface area contributed by atoms with Crippen molar-refractivity contribution in [3.05, 3.63) is 29.8 Å². The molecule has 2 N–H and O–H groups in total. The largest absolute Gasteiger partial charge is 0.478 e. The van der Waals surface area contributed by atoms with Gasteiger partial charge in [-0.25, -0.2) is 9.59 Å². The van der Waals surface area contributed by atoms with E-state index in [2.05, 4.69) is 5.32 Å². The molecular weight excluding hydrogens is 260 g/mol. The maximum absolute atomic E-state index is 12.1. The van der Waals surface area contributed by atoms with Gasteiger partial charge in [-0.3, -0.25) is 4.90 Å². The van der Waals surface area contributed by atoms with Gasteiger partial charge in [-0.1, -0.05) is 6.07 Å².